The smallest absolute Gasteiger partial charge is 0.392 e. The average molecular weight is 517 g/mol. The second-order valence-corrected chi connectivity index (χ2v) is 8.65. The number of rotatable bonds is 7. The van der Waals surface area contributed by atoms with Gasteiger partial charge < -0.3 is 25.4 Å². The Morgan fingerprint density at radius 1 is 1.19 bits per heavy atom. The van der Waals surface area contributed by atoms with Crippen LogP contribution in [0, 0.1) is 6.92 Å². The molecule has 1 saturated heterocycles. The van der Waals surface area contributed by atoms with Crippen LogP contribution in [0.25, 0.3) is 11.3 Å². The summed E-state index contributed by atoms with van der Waals surface area (Å²) >= 11 is 0. The van der Waals surface area contributed by atoms with Crippen LogP contribution in [0.15, 0.2) is 42.6 Å². The van der Waals surface area contributed by atoms with Crippen LogP contribution >= 0.6 is 0 Å². The Hall–Kier alpha value is -3.77. The Bertz CT molecular complexity index is 1260. The van der Waals surface area contributed by atoms with Crippen molar-refractivity contribution in [3.05, 3.63) is 59.4 Å². The monoisotopic (exact) mass is 516 g/mol. The molecule has 1 atom stereocenters. The summed E-state index contributed by atoms with van der Waals surface area (Å²) in [4.78, 5) is 28.3. The highest BCUT2D eigenvalue weighted by atomic mass is 19.4. The number of carbonyl (C=O) groups excluding carboxylic acids is 1. The first-order valence-electron chi connectivity index (χ1n) is 11.7. The molecule has 1 aliphatic rings. The van der Waals surface area contributed by atoms with Crippen molar-refractivity contribution >= 4 is 23.4 Å². The molecule has 3 N–H and O–H groups in total. The number of hydrogen-bond donors (Lipinski definition) is 3. The van der Waals surface area contributed by atoms with Gasteiger partial charge in [0.1, 0.15) is 5.82 Å². The number of ether oxygens (including phenoxy) is 1. The summed E-state index contributed by atoms with van der Waals surface area (Å²) < 4.78 is 44.6. The minimum Gasteiger partial charge on any atom is -0.392 e. The van der Waals surface area contributed by atoms with E-state index in [-0.39, 0.29) is 12.1 Å². The number of amides is 1. The van der Waals surface area contributed by atoms with Gasteiger partial charge in [-0.15, -0.1) is 0 Å². The summed E-state index contributed by atoms with van der Waals surface area (Å²) in [5.74, 6) is 0.288. The first-order valence-corrected chi connectivity index (χ1v) is 11.7. The fourth-order valence-electron chi connectivity index (χ4n) is 3.75. The molecule has 37 heavy (non-hydrogen) atoms. The number of aliphatic hydroxyl groups excluding tert-OH is 1. The maximum absolute atomic E-state index is 13.1. The third-order valence-electron chi connectivity index (χ3n) is 5.68. The summed E-state index contributed by atoms with van der Waals surface area (Å²) in [5.41, 5.74) is 1.04. The minimum absolute atomic E-state index is 0.127. The molecule has 1 aromatic carbocycles. The Balaban J connectivity index is 1.64. The number of halogens is 3. The van der Waals surface area contributed by atoms with Gasteiger partial charge >= 0.3 is 6.18 Å². The van der Waals surface area contributed by atoms with E-state index in [1.54, 1.807) is 26.0 Å². The third-order valence-corrected chi connectivity index (χ3v) is 5.68. The van der Waals surface area contributed by atoms with E-state index >= 15 is 0 Å². The fraction of sp³-hybridized carbons (Fsp3) is 0.360. The first-order chi connectivity index (χ1) is 17.6. The van der Waals surface area contributed by atoms with Crippen molar-refractivity contribution in [2.24, 2.45) is 0 Å². The van der Waals surface area contributed by atoms with Crippen molar-refractivity contribution in [1.82, 2.24) is 15.0 Å². The lowest BCUT2D eigenvalue weighted by molar-refractivity contribution is -0.137. The Kier molecular flexibility index (Phi) is 7.89. The normalized spacial score (nSPS) is 14.8. The topological polar surface area (TPSA) is 113 Å². The van der Waals surface area contributed by atoms with Crippen molar-refractivity contribution in [3.8, 4) is 11.3 Å². The summed E-state index contributed by atoms with van der Waals surface area (Å²) in [5, 5.41) is 15.3. The van der Waals surface area contributed by atoms with Crippen LogP contribution in [0.2, 0.25) is 0 Å². The number of alkyl halides is 3. The van der Waals surface area contributed by atoms with Gasteiger partial charge in [0, 0.05) is 42.5 Å². The second kappa shape index (κ2) is 11.1. The molecular formula is C25H27F3N6O3. The zero-order chi connectivity index (χ0) is 26.6. The molecule has 0 bridgehead atoms. The number of aliphatic hydroxyl groups is 1. The predicted octanol–water partition coefficient (Wildman–Crippen LogP) is 3.75. The SMILES string of the molecule is Cc1ncc(NC(=O)c2cccc(C(F)(F)F)c2)cc1-c1cc(N2CCOCC2)nc(NCC(C)O)n1. The molecule has 0 spiro atoms. The van der Waals surface area contributed by atoms with Gasteiger partial charge in [-0.2, -0.15) is 18.2 Å². The molecule has 3 aromatic rings. The summed E-state index contributed by atoms with van der Waals surface area (Å²) in [6, 6.07) is 7.68. The maximum Gasteiger partial charge on any atom is 0.416 e. The number of pyridine rings is 1. The van der Waals surface area contributed by atoms with Crippen LogP contribution < -0.4 is 15.5 Å². The van der Waals surface area contributed by atoms with Crippen LogP contribution in [0.5, 0.6) is 0 Å². The molecule has 3 heterocycles. The van der Waals surface area contributed by atoms with E-state index < -0.39 is 23.8 Å². The number of hydrogen-bond acceptors (Lipinski definition) is 8. The fourth-order valence-corrected chi connectivity index (χ4v) is 3.75. The number of nitrogens with one attached hydrogen (secondary N) is 2. The molecule has 2 aromatic heterocycles. The largest absolute Gasteiger partial charge is 0.416 e. The quantitative estimate of drug-likeness (QED) is 0.435. The lowest BCUT2D eigenvalue weighted by Crippen LogP contribution is -2.37. The Morgan fingerprint density at radius 3 is 2.65 bits per heavy atom. The van der Waals surface area contributed by atoms with E-state index in [4.69, 9.17) is 4.74 Å². The molecule has 1 fully saturated rings. The zero-order valence-corrected chi connectivity index (χ0v) is 20.3. The van der Waals surface area contributed by atoms with E-state index in [0.29, 0.717) is 60.7 Å². The number of benzene rings is 1. The van der Waals surface area contributed by atoms with Crippen LogP contribution in [0.3, 0.4) is 0 Å². The molecule has 0 radical (unpaired) electrons. The number of anilines is 3. The highest BCUT2D eigenvalue weighted by Crippen LogP contribution is 2.31. The molecule has 12 heteroatoms. The summed E-state index contributed by atoms with van der Waals surface area (Å²) in [6.45, 7) is 6.10. The van der Waals surface area contributed by atoms with Gasteiger partial charge in [-0.1, -0.05) is 6.07 Å². The van der Waals surface area contributed by atoms with Gasteiger partial charge in [0.25, 0.3) is 5.91 Å². The van der Waals surface area contributed by atoms with Gasteiger partial charge in [-0.25, -0.2) is 4.98 Å². The van der Waals surface area contributed by atoms with E-state index in [9.17, 15) is 23.1 Å². The highest BCUT2D eigenvalue weighted by Gasteiger charge is 2.31. The number of aromatic nitrogens is 3. The van der Waals surface area contributed by atoms with Crippen LogP contribution in [0.4, 0.5) is 30.6 Å². The third kappa shape index (κ3) is 6.71. The van der Waals surface area contributed by atoms with E-state index in [2.05, 4.69) is 30.5 Å². The predicted molar refractivity (Wildman–Crippen MR) is 133 cm³/mol. The summed E-state index contributed by atoms with van der Waals surface area (Å²) in [6.07, 6.45) is -3.74. The molecule has 0 aliphatic carbocycles. The van der Waals surface area contributed by atoms with Crippen LogP contribution in [-0.2, 0) is 10.9 Å². The number of morpholine rings is 1. The molecule has 0 saturated carbocycles. The van der Waals surface area contributed by atoms with Crippen molar-refractivity contribution < 1.29 is 27.8 Å². The summed E-state index contributed by atoms with van der Waals surface area (Å²) in [7, 11) is 0. The standard InChI is InChI=1S/C25H27F3N6O3/c1-15(35)13-30-24-32-21(12-22(33-24)34-6-8-37-9-7-34)20-11-19(14-29-16(20)2)31-23(36)17-4-3-5-18(10-17)25(26,27)28/h3-5,10-12,14-15,35H,6-9,13H2,1-2H3,(H,31,36)(H,30,32,33). The van der Waals surface area contributed by atoms with Crippen molar-refractivity contribution in [3.63, 3.8) is 0 Å². The van der Waals surface area contributed by atoms with Gasteiger partial charge in [0.15, 0.2) is 0 Å². The van der Waals surface area contributed by atoms with Gasteiger partial charge in [-0.3, -0.25) is 9.78 Å². The van der Waals surface area contributed by atoms with Gasteiger partial charge in [0.2, 0.25) is 5.95 Å². The first kappa shape index (κ1) is 26.3. The lowest BCUT2D eigenvalue weighted by Gasteiger charge is -2.28. The number of nitrogens with zero attached hydrogens (tertiary/aromatic N) is 4. The Morgan fingerprint density at radius 2 is 1.95 bits per heavy atom. The zero-order valence-electron chi connectivity index (χ0n) is 20.3. The molecule has 9 nitrogen and oxygen atoms in total. The van der Waals surface area contributed by atoms with Crippen molar-refractivity contribution in [2.45, 2.75) is 26.1 Å². The molecule has 4 rings (SSSR count). The maximum atomic E-state index is 13.1. The lowest BCUT2D eigenvalue weighted by atomic mass is 10.1. The highest BCUT2D eigenvalue weighted by molar-refractivity contribution is 6.04. The molecule has 1 aliphatic heterocycles. The minimum atomic E-state index is -4.56. The molecule has 196 valence electrons. The van der Waals surface area contributed by atoms with E-state index in [0.717, 1.165) is 12.1 Å². The Labute approximate surface area is 211 Å². The van der Waals surface area contributed by atoms with Gasteiger partial charge in [-0.05, 0) is 38.1 Å². The molecule has 1 unspecified atom stereocenters. The molecular weight excluding hydrogens is 489 g/mol. The van der Waals surface area contributed by atoms with E-state index in [1.807, 2.05) is 0 Å². The van der Waals surface area contributed by atoms with E-state index in [1.165, 1.54) is 18.3 Å². The average Bonchev–Trinajstić information content (AvgIpc) is 2.88. The number of aryl methyl sites for hydroxylation is 1. The van der Waals surface area contributed by atoms with Crippen LogP contribution in [0.1, 0.15) is 28.5 Å². The van der Waals surface area contributed by atoms with Crippen LogP contribution in [-0.4, -0.2) is 64.9 Å². The van der Waals surface area contributed by atoms with Gasteiger partial charge in [0.05, 0.1) is 42.5 Å². The second-order valence-electron chi connectivity index (χ2n) is 8.65. The van der Waals surface area contributed by atoms with Crippen molar-refractivity contribution in [1.29, 1.82) is 0 Å². The number of carbonyl (C=O) groups is 1. The van der Waals surface area contributed by atoms with Crippen molar-refractivity contribution in [2.75, 3.05) is 48.4 Å². The molecule has 1 amide bonds.